The average Bonchev–Trinajstić information content (AvgIpc) is 2.89. The average molecular weight is 386 g/mol. The highest BCUT2D eigenvalue weighted by atomic mass is 16.3. The van der Waals surface area contributed by atoms with Crippen LogP contribution in [-0.4, -0.2) is 28.2 Å². The SMILES string of the molecule is CCCC[C@@H](CC)CN1C(=O)C(O)=C(C(C)=O)[C@@H]1c1ccc(C(C)(C)C)cc1. The lowest BCUT2D eigenvalue weighted by atomic mass is 9.85. The van der Waals surface area contributed by atoms with Crippen LogP contribution in [0.25, 0.3) is 0 Å². The number of unbranched alkanes of at least 4 members (excludes halogenated alkanes) is 1. The van der Waals surface area contributed by atoms with Gasteiger partial charge in [0.1, 0.15) is 0 Å². The fraction of sp³-hybridized carbons (Fsp3) is 0.583. The van der Waals surface area contributed by atoms with Crippen molar-refractivity contribution in [1.29, 1.82) is 0 Å². The molecule has 0 fully saturated rings. The van der Waals surface area contributed by atoms with E-state index in [4.69, 9.17) is 0 Å². The molecule has 1 aliphatic rings. The molecule has 1 aromatic rings. The quantitative estimate of drug-likeness (QED) is 0.644. The minimum atomic E-state index is -0.505. The molecule has 0 aromatic heterocycles. The lowest BCUT2D eigenvalue weighted by Crippen LogP contribution is -2.35. The van der Waals surface area contributed by atoms with Crippen LogP contribution in [0.2, 0.25) is 0 Å². The van der Waals surface area contributed by atoms with Gasteiger partial charge in [-0.1, -0.05) is 78.1 Å². The van der Waals surface area contributed by atoms with Crippen molar-refractivity contribution in [1.82, 2.24) is 4.90 Å². The molecule has 4 nitrogen and oxygen atoms in total. The van der Waals surface area contributed by atoms with Crippen molar-refractivity contribution in [2.24, 2.45) is 5.92 Å². The number of Topliss-reactive ketones (excluding diaryl/α,β-unsaturated/α-hetero) is 1. The van der Waals surface area contributed by atoms with Crippen LogP contribution in [0.1, 0.15) is 84.4 Å². The Balaban J connectivity index is 2.41. The Morgan fingerprint density at radius 3 is 2.25 bits per heavy atom. The molecule has 1 N–H and O–H groups in total. The van der Waals surface area contributed by atoms with Gasteiger partial charge >= 0.3 is 0 Å². The monoisotopic (exact) mass is 385 g/mol. The Kier molecular flexibility index (Phi) is 7.08. The van der Waals surface area contributed by atoms with Crippen LogP contribution in [-0.2, 0) is 15.0 Å². The van der Waals surface area contributed by atoms with Crippen molar-refractivity contribution >= 4 is 11.7 Å². The third-order valence-electron chi connectivity index (χ3n) is 5.77. The van der Waals surface area contributed by atoms with Crippen LogP contribution in [0.15, 0.2) is 35.6 Å². The summed E-state index contributed by atoms with van der Waals surface area (Å²) in [5, 5.41) is 10.4. The van der Waals surface area contributed by atoms with Crippen molar-refractivity contribution in [3.05, 3.63) is 46.7 Å². The first-order chi connectivity index (χ1) is 13.1. The number of aliphatic hydroxyl groups excluding tert-OH is 1. The predicted molar refractivity (Wildman–Crippen MR) is 113 cm³/mol. The number of benzene rings is 1. The maximum absolute atomic E-state index is 12.8. The zero-order chi connectivity index (χ0) is 21.1. The number of hydrogen-bond acceptors (Lipinski definition) is 3. The van der Waals surface area contributed by atoms with Gasteiger partial charge in [-0.25, -0.2) is 0 Å². The van der Waals surface area contributed by atoms with E-state index < -0.39 is 11.9 Å². The second kappa shape index (κ2) is 8.93. The zero-order valence-electron chi connectivity index (χ0n) is 18.2. The molecule has 1 heterocycles. The van der Waals surface area contributed by atoms with Crippen LogP contribution in [0.4, 0.5) is 0 Å². The lowest BCUT2D eigenvalue weighted by molar-refractivity contribution is -0.130. The number of carbonyl (C=O) groups is 2. The van der Waals surface area contributed by atoms with Crippen LogP contribution < -0.4 is 0 Å². The highest BCUT2D eigenvalue weighted by Crippen LogP contribution is 2.39. The maximum atomic E-state index is 12.8. The van der Waals surface area contributed by atoms with E-state index in [9.17, 15) is 14.7 Å². The van der Waals surface area contributed by atoms with Gasteiger partial charge < -0.3 is 10.0 Å². The molecule has 0 spiro atoms. The van der Waals surface area contributed by atoms with E-state index >= 15 is 0 Å². The summed E-state index contributed by atoms with van der Waals surface area (Å²) in [6, 6.07) is 7.58. The zero-order valence-corrected chi connectivity index (χ0v) is 18.2. The number of amides is 1. The normalized spacial score (nSPS) is 18.7. The Labute approximate surface area is 169 Å². The number of rotatable bonds is 8. The van der Waals surface area contributed by atoms with Gasteiger partial charge in [-0.2, -0.15) is 0 Å². The van der Waals surface area contributed by atoms with Gasteiger partial charge in [0.25, 0.3) is 5.91 Å². The highest BCUT2D eigenvalue weighted by molar-refractivity contribution is 6.08. The Bertz CT molecular complexity index is 740. The Morgan fingerprint density at radius 1 is 1.18 bits per heavy atom. The van der Waals surface area contributed by atoms with Crippen LogP contribution in [0.3, 0.4) is 0 Å². The summed E-state index contributed by atoms with van der Waals surface area (Å²) in [7, 11) is 0. The fourth-order valence-corrected chi connectivity index (χ4v) is 3.91. The second-order valence-electron chi connectivity index (χ2n) is 8.97. The number of aliphatic hydroxyl groups is 1. The molecule has 154 valence electrons. The smallest absolute Gasteiger partial charge is 0.290 e. The Hall–Kier alpha value is -2.10. The van der Waals surface area contributed by atoms with Crippen LogP contribution in [0, 0.1) is 5.92 Å². The first-order valence-corrected chi connectivity index (χ1v) is 10.5. The molecule has 4 heteroatoms. The summed E-state index contributed by atoms with van der Waals surface area (Å²) in [5.41, 5.74) is 2.32. The number of ketones is 1. The van der Waals surface area contributed by atoms with Crippen LogP contribution >= 0.6 is 0 Å². The van der Waals surface area contributed by atoms with Gasteiger partial charge in [0.05, 0.1) is 11.6 Å². The van der Waals surface area contributed by atoms with E-state index in [0.29, 0.717) is 12.5 Å². The summed E-state index contributed by atoms with van der Waals surface area (Å²) in [4.78, 5) is 26.8. The van der Waals surface area contributed by atoms with Gasteiger partial charge in [0.2, 0.25) is 0 Å². The summed E-state index contributed by atoms with van der Waals surface area (Å²) in [5.74, 6) is -0.702. The first kappa shape index (κ1) is 22.2. The van der Waals surface area contributed by atoms with Crippen molar-refractivity contribution in [2.75, 3.05) is 6.54 Å². The van der Waals surface area contributed by atoms with E-state index in [0.717, 1.165) is 31.2 Å². The van der Waals surface area contributed by atoms with Gasteiger partial charge in [0.15, 0.2) is 11.5 Å². The van der Waals surface area contributed by atoms with Crippen LogP contribution in [0.5, 0.6) is 0 Å². The van der Waals surface area contributed by atoms with E-state index in [1.165, 1.54) is 12.5 Å². The van der Waals surface area contributed by atoms with E-state index in [1.807, 2.05) is 12.1 Å². The lowest BCUT2D eigenvalue weighted by Gasteiger charge is -2.30. The second-order valence-corrected chi connectivity index (χ2v) is 8.97. The van der Waals surface area contributed by atoms with Gasteiger partial charge in [-0.3, -0.25) is 9.59 Å². The van der Waals surface area contributed by atoms with Gasteiger partial charge in [-0.15, -0.1) is 0 Å². The van der Waals surface area contributed by atoms with E-state index in [-0.39, 0.29) is 22.5 Å². The summed E-state index contributed by atoms with van der Waals surface area (Å²) < 4.78 is 0. The molecule has 1 aliphatic heterocycles. The number of hydrogen-bond donors (Lipinski definition) is 1. The highest BCUT2D eigenvalue weighted by Gasteiger charge is 2.42. The molecule has 0 saturated heterocycles. The van der Waals surface area contributed by atoms with Crippen molar-refractivity contribution in [2.45, 2.75) is 78.7 Å². The molecule has 2 rings (SSSR count). The standard InChI is InChI=1S/C24H35NO3/c1-7-9-10-17(8-2)15-25-21(20(16(3)26)22(27)23(25)28)18-11-13-19(14-12-18)24(4,5)6/h11-14,17,21,27H,7-10,15H2,1-6H3/t17-,21+/m1/s1. The maximum Gasteiger partial charge on any atom is 0.290 e. The first-order valence-electron chi connectivity index (χ1n) is 10.5. The molecular formula is C24H35NO3. The molecule has 0 bridgehead atoms. The fourth-order valence-electron chi connectivity index (χ4n) is 3.91. The molecule has 28 heavy (non-hydrogen) atoms. The molecule has 2 atom stereocenters. The number of nitrogens with zero attached hydrogens (tertiary/aromatic N) is 1. The predicted octanol–water partition coefficient (Wildman–Crippen LogP) is 5.48. The molecule has 0 aliphatic carbocycles. The summed E-state index contributed by atoms with van der Waals surface area (Å²) >= 11 is 0. The van der Waals surface area contributed by atoms with Crippen molar-refractivity contribution in [3.63, 3.8) is 0 Å². The summed E-state index contributed by atoms with van der Waals surface area (Å²) in [6.07, 6.45) is 4.24. The van der Waals surface area contributed by atoms with E-state index in [1.54, 1.807) is 4.90 Å². The third kappa shape index (κ3) is 4.65. The summed E-state index contributed by atoms with van der Waals surface area (Å²) in [6.45, 7) is 12.7. The molecule has 1 amide bonds. The molecule has 0 radical (unpaired) electrons. The minimum Gasteiger partial charge on any atom is -0.503 e. The van der Waals surface area contributed by atoms with Gasteiger partial charge in [-0.05, 0) is 35.8 Å². The van der Waals surface area contributed by atoms with Gasteiger partial charge in [0, 0.05) is 6.54 Å². The van der Waals surface area contributed by atoms with Crippen molar-refractivity contribution < 1.29 is 14.7 Å². The molecule has 1 aromatic carbocycles. The number of carbonyl (C=O) groups excluding carboxylic acids is 2. The molecule has 0 saturated carbocycles. The molecular weight excluding hydrogens is 350 g/mol. The third-order valence-corrected chi connectivity index (χ3v) is 5.77. The largest absolute Gasteiger partial charge is 0.503 e. The molecule has 0 unspecified atom stereocenters. The van der Waals surface area contributed by atoms with E-state index in [2.05, 4.69) is 46.8 Å². The van der Waals surface area contributed by atoms with Crippen molar-refractivity contribution in [3.8, 4) is 0 Å². The minimum absolute atomic E-state index is 0.0263. The topological polar surface area (TPSA) is 57.6 Å². The Morgan fingerprint density at radius 2 is 1.79 bits per heavy atom.